The number of hydrogen-bond acceptors (Lipinski definition) is 1. The van der Waals surface area contributed by atoms with Crippen LogP contribution in [0.1, 0.15) is 11.1 Å². The summed E-state index contributed by atoms with van der Waals surface area (Å²) < 4.78 is 0.995. The molecule has 2 N–H and O–H groups in total. The lowest BCUT2D eigenvalue weighted by molar-refractivity contribution is -0.115. The maximum atomic E-state index is 12.3. The van der Waals surface area contributed by atoms with Gasteiger partial charge >= 0.3 is 0 Å². The first-order valence-corrected chi connectivity index (χ1v) is 8.01. The van der Waals surface area contributed by atoms with Gasteiger partial charge in [-0.3, -0.25) is 4.79 Å². The topological polar surface area (TPSA) is 44.9 Å². The monoisotopic (exact) mass is 376 g/mol. The van der Waals surface area contributed by atoms with E-state index in [4.69, 9.17) is 11.6 Å². The highest BCUT2D eigenvalue weighted by Crippen LogP contribution is 2.24. The first kappa shape index (κ1) is 15.1. The molecule has 3 nitrogen and oxygen atoms in total. The van der Waals surface area contributed by atoms with Crippen molar-refractivity contribution in [2.24, 2.45) is 0 Å². The summed E-state index contributed by atoms with van der Waals surface area (Å²) in [6.45, 7) is 1.96. The van der Waals surface area contributed by atoms with E-state index in [0.717, 1.165) is 32.2 Å². The van der Waals surface area contributed by atoms with E-state index < -0.39 is 0 Å². The number of H-pyrrole nitrogens is 1. The summed E-state index contributed by atoms with van der Waals surface area (Å²) in [6.07, 6.45) is 2.16. The Balaban J connectivity index is 1.79. The van der Waals surface area contributed by atoms with Crippen molar-refractivity contribution in [2.75, 3.05) is 5.32 Å². The maximum Gasteiger partial charge on any atom is 0.228 e. The molecule has 0 atom stereocenters. The first-order chi connectivity index (χ1) is 10.5. The molecule has 3 aromatic rings. The molecule has 1 aromatic heterocycles. The van der Waals surface area contributed by atoms with Gasteiger partial charge in [0, 0.05) is 32.3 Å². The van der Waals surface area contributed by atoms with Gasteiger partial charge in [-0.2, -0.15) is 0 Å². The van der Waals surface area contributed by atoms with E-state index in [2.05, 4.69) is 26.2 Å². The number of halogens is 2. The lowest BCUT2D eigenvalue weighted by Gasteiger charge is -2.08. The van der Waals surface area contributed by atoms with Gasteiger partial charge in [0.25, 0.3) is 0 Å². The smallest absolute Gasteiger partial charge is 0.228 e. The van der Waals surface area contributed by atoms with Crippen molar-refractivity contribution in [2.45, 2.75) is 13.3 Å². The predicted octanol–water partition coefficient (Wildman–Crippen LogP) is 5.07. The number of fused-ring (bicyclic) bond motifs is 1. The summed E-state index contributed by atoms with van der Waals surface area (Å²) in [5.74, 6) is -0.0497. The molecule has 0 bridgehead atoms. The van der Waals surface area contributed by atoms with Crippen molar-refractivity contribution in [1.29, 1.82) is 0 Å². The Kier molecular flexibility index (Phi) is 4.23. The fraction of sp³-hybridized carbons (Fsp3) is 0.118. The van der Waals surface area contributed by atoms with Crippen molar-refractivity contribution in [3.05, 3.63) is 63.2 Å². The Bertz CT molecular complexity index is 857. The second kappa shape index (κ2) is 6.15. The molecule has 0 saturated carbocycles. The highest BCUT2D eigenvalue weighted by atomic mass is 79.9. The lowest BCUT2D eigenvalue weighted by atomic mass is 10.1. The second-order valence-corrected chi connectivity index (χ2v) is 6.54. The standard InChI is InChI=1S/C17H14BrClN2O/c1-10-6-12(18)2-4-15(10)21-17(22)7-11-9-20-16-5-3-13(19)8-14(11)16/h2-6,8-9,20H,7H2,1H3,(H,21,22). The Morgan fingerprint density at radius 1 is 1.27 bits per heavy atom. The van der Waals surface area contributed by atoms with Crippen LogP contribution in [0.25, 0.3) is 10.9 Å². The van der Waals surface area contributed by atoms with E-state index in [9.17, 15) is 4.79 Å². The lowest BCUT2D eigenvalue weighted by Crippen LogP contribution is -2.14. The molecule has 1 heterocycles. The molecule has 0 aliphatic heterocycles. The number of nitrogens with one attached hydrogen (secondary N) is 2. The van der Waals surface area contributed by atoms with Crippen LogP contribution in [0, 0.1) is 6.92 Å². The number of hydrogen-bond donors (Lipinski definition) is 2. The highest BCUT2D eigenvalue weighted by molar-refractivity contribution is 9.10. The molecule has 0 aliphatic carbocycles. The van der Waals surface area contributed by atoms with Gasteiger partial charge in [0.05, 0.1) is 6.42 Å². The van der Waals surface area contributed by atoms with Crippen LogP contribution in [0.4, 0.5) is 5.69 Å². The van der Waals surface area contributed by atoms with Crippen LogP contribution in [-0.2, 0) is 11.2 Å². The summed E-state index contributed by atoms with van der Waals surface area (Å²) in [4.78, 5) is 15.4. The normalized spacial score (nSPS) is 10.9. The molecule has 0 saturated heterocycles. The van der Waals surface area contributed by atoms with Crippen LogP contribution in [0.15, 0.2) is 47.1 Å². The second-order valence-electron chi connectivity index (χ2n) is 5.19. The zero-order valence-corrected chi connectivity index (χ0v) is 14.3. The van der Waals surface area contributed by atoms with E-state index in [0.29, 0.717) is 11.4 Å². The minimum absolute atomic E-state index is 0.0497. The molecule has 1 amide bonds. The van der Waals surface area contributed by atoms with Gasteiger partial charge in [-0.15, -0.1) is 0 Å². The average Bonchev–Trinajstić information content (AvgIpc) is 2.84. The number of rotatable bonds is 3. The summed E-state index contributed by atoms with van der Waals surface area (Å²) in [7, 11) is 0. The fourth-order valence-electron chi connectivity index (χ4n) is 2.43. The zero-order valence-electron chi connectivity index (χ0n) is 11.9. The molecule has 0 fully saturated rings. The van der Waals surface area contributed by atoms with E-state index in [1.54, 1.807) is 0 Å². The minimum atomic E-state index is -0.0497. The van der Waals surface area contributed by atoms with Crippen molar-refractivity contribution in [3.8, 4) is 0 Å². The summed E-state index contributed by atoms with van der Waals surface area (Å²) in [6, 6.07) is 11.4. The van der Waals surface area contributed by atoms with Crippen LogP contribution >= 0.6 is 27.5 Å². The molecule has 5 heteroatoms. The van der Waals surface area contributed by atoms with Gasteiger partial charge in [0.2, 0.25) is 5.91 Å². The summed E-state index contributed by atoms with van der Waals surface area (Å²) in [5.41, 5.74) is 3.76. The van der Waals surface area contributed by atoms with Crippen LogP contribution < -0.4 is 5.32 Å². The molecule has 22 heavy (non-hydrogen) atoms. The quantitative estimate of drug-likeness (QED) is 0.657. The van der Waals surface area contributed by atoms with Gasteiger partial charge in [-0.05, 0) is 54.4 Å². The number of aromatic amines is 1. The van der Waals surface area contributed by atoms with Crippen LogP contribution in [-0.4, -0.2) is 10.9 Å². The number of anilines is 1. The maximum absolute atomic E-state index is 12.3. The average molecular weight is 378 g/mol. The largest absolute Gasteiger partial charge is 0.361 e. The molecule has 3 rings (SSSR count). The van der Waals surface area contributed by atoms with Crippen LogP contribution in [0.5, 0.6) is 0 Å². The summed E-state index contributed by atoms with van der Waals surface area (Å²) in [5, 5.41) is 4.59. The molecule has 112 valence electrons. The Morgan fingerprint density at radius 3 is 2.86 bits per heavy atom. The number of amides is 1. The first-order valence-electron chi connectivity index (χ1n) is 6.84. The number of carbonyl (C=O) groups excluding carboxylic acids is 1. The van der Waals surface area contributed by atoms with Crippen molar-refractivity contribution < 1.29 is 4.79 Å². The van der Waals surface area contributed by atoms with Crippen molar-refractivity contribution in [3.63, 3.8) is 0 Å². The fourth-order valence-corrected chi connectivity index (χ4v) is 3.08. The molecule has 0 unspecified atom stereocenters. The van der Waals surface area contributed by atoms with E-state index in [1.807, 2.05) is 49.5 Å². The van der Waals surface area contributed by atoms with Gasteiger partial charge in [0.1, 0.15) is 0 Å². The van der Waals surface area contributed by atoms with Crippen LogP contribution in [0.3, 0.4) is 0 Å². The summed E-state index contributed by atoms with van der Waals surface area (Å²) >= 11 is 9.45. The SMILES string of the molecule is Cc1cc(Br)ccc1NC(=O)Cc1c[nH]c2ccc(Cl)cc12. The molecule has 2 aromatic carbocycles. The third-order valence-electron chi connectivity index (χ3n) is 3.54. The van der Waals surface area contributed by atoms with Crippen molar-refractivity contribution >= 4 is 50.0 Å². The van der Waals surface area contributed by atoms with E-state index in [1.165, 1.54) is 0 Å². The Labute approximate surface area is 141 Å². The predicted molar refractivity (Wildman–Crippen MR) is 94.5 cm³/mol. The van der Waals surface area contributed by atoms with Crippen molar-refractivity contribution in [1.82, 2.24) is 4.98 Å². The molecule has 0 radical (unpaired) electrons. The van der Waals surface area contributed by atoms with Gasteiger partial charge in [-0.1, -0.05) is 27.5 Å². The van der Waals surface area contributed by atoms with Crippen LogP contribution in [0.2, 0.25) is 5.02 Å². The number of carbonyl (C=O) groups is 1. The highest BCUT2D eigenvalue weighted by Gasteiger charge is 2.10. The van der Waals surface area contributed by atoms with E-state index in [-0.39, 0.29) is 5.91 Å². The third-order valence-corrected chi connectivity index (χ3v) is 4.27. The number of aromatic nitrogens is 1. The van der Waals surface area contributed by atoms with Gasteiger partial charge in [-0.25, -0.2) is 0 Å². The molecular weight excluding hydrogens is 364 g/mol. The third kappa shape index (κ3) is 3.18. The molecular formula is C17H14BrClN2O. The number of aryl methyl sites for hydroxylation is 1. The number of benzene rings is 2. The molecule has 0 aliphatic rings. The van der Waals surface area contributed by atoms with Gasteiger partial charge < -0.3 is 10.3 Å². The Morgan fingerprint density at radius 2 is 2.09 bits per heavy atom. The minimum Gasteiger partial charge on any atom is -0.361 e. The zero-order chi connectivity index (χ0) is 15.7. The van der Waals surface area contributed by atoms with Gasteiger partial charge in [0.15, 0.2) is 0 Å². The molecule has 0 spiro atoms. The Hall–Kier alpha value is -1.78. The van der Waals surface area contributed by atoms with E-state index >= 15 is 0 Å².